The molecule has 0 aliphatic carbocycles. The summed E-state index contributed by atoms with van der Waals surface area (Å²) in [7, 11) is -3.56. The maximum atomic E-state index is 12.8. The number of anilines is 1. The molecule has 144 valence electrons. The molecule has 2 amide bonds. The van der Waals surface area contributed by atoms with Gasteiger partial charge in [-0.05, 0) is 43.7 Å². The van der Waals surface area contributed by atoms with Gasteiger partial charge >= 0.3 is 6.03 Å². The highest BCUT2D eigenvalue weighted by atomic mass is 35.5. The van der Waals surface area contributed by atoms with Gasteiger partial charge in [0.2, 0.25) is 10.0 Å². The summed E-state index contributed by atoms with van der Waals surface area (Å²) in [5.74, 6) is 0. The van der Waals surface area contributed by atoms with Crippen molar-refractivity contribution in [1.29, 1.82) is 0 Å². The van der Waals surface area contributed by atoms with Crippen molar-refractivity contribution in [3.8, 4) is 0 Å². The minimum atomic E-state index is -3.56. The van der Waals surface area contributed by atoms with Gasteiger partial charge in [-0.2, -0.15) is 4.31 Å². The van der Waals surface area contributed by atoms with Crippen LogP contribution in [0.4, 0.5) is 10.5 Å². The average Bonchev–Trinajstić information content (AvgIpc) is 2.89. The van der Waals surface area contributed by atoms with Gasteiger partial charge in [-0.3, -0.25) is 0 Å². The van der Waals surface area contributed by atoms with Gasteiger partial charge in [0.05, 0.1) is 4.90 Å². The molecule has 6 nitrogen and oxygen atoms in total. The standard InChI is InChI=1S/C19H22ClN3O3S/c1-15-6-8-18(9-7-15)27(25,26)23-11-3-10-22(12-13-23)19(24)21-17-5-2-4-16(20)14-17/h2,4-9,14H,3,10-13H2,1H3,(H,21,24). The Labute approximate surface area is 164 Å². The Morgan fingerprint density at radius 2 is 1.78 bits per heavy atom. The Hall–Kier alpha value is -2.09. The molecule has 1 fully saturated rings. The molecule has 2 aromatic rings. The number of carbonyl (C=O) groups excluding carboxylic acids is 1. The Morgan fingerprint density at radius 3 is 2.48 bits per heavy atom. The maximum absolute atomic E-state index is 12.8. The highest BCUT2D eigenvalue weighted by molar-refractivity contribution is 7.89. The molecule has 0 bridgehead atoms. The Bertz CT molecular complexity index is 916. The summed E-state index contributed by atoms with van der Waals surface area (Å²) in [4.78, 5) is 14.4. The molecular weight excluding hydrogens is 386 g/mol. The molecule has 0 saturated carbocycles. The number of hydrogen-bond donors (Lipinski definition) is 1. The second-order valence-corrected chi connectivity index (χ2v) is 8.87. The second kappa shape index (κ2) is 8.29. The van der Waals surface area contributed by atoms with Crippen LogP contribution in [0.1, 0.15) is 12.0 Å². The topological polar surface area (TPSA) is 69.7 Å². The Balaban J connectivity index is 1.66. The molecule has 0 atom stereocenters. The third-order valence-corrected chi connectivity index (χ3v) is 6.62. The lowest BCUT2D eigenvalue weighted by Crippen LogP contribution is -2.39. The van der Waals surface area contributed by atoms with Gasteiger partial charge in [0.1, 0.15) is 0 Å². The van der Waals surface area contributed by atoms with E-state index in [9.17, 15) is 13.2 Å². The van der Waals surface area contributed by atoms with Crippen LogP contribution in [0.2, 0.25) is 5.02 Å². The Kier molecular flexibility index (Phi) is 6.04. The van der Waals surface area contributed by atoms with E-state index in [0.717, 1.165) is 5.56 Å². The van der Waals surface area contributed by atoms with Crippen LogP contribution in [-0.4, -0.2) is 49.8 Å². The molecule has 1 heterocycles. The molecule has 1 N–H and O–H groups in total. The first-order chi connectivity index (χ1) is 12.9. The van der Waals surface area contributed by atoms with Crippen molar-refractivity contribution in [2.75, 3.05) is 31.5 Å². The number of sulfonamides is 1. The van der Waals surface area contributed by atoms with Gasteiger partial charge in [0.15, 0.2) is 0 Å². The van der Waals surface area contributed by atoms with Gasteiger partial charge < -0.3 is 10.2 Å². The molecule has 0 radical (unpaired) electrons. The van der Waals surface area contributed by atoms with Crippen LogP contribution in [-0.2, 0) is 10.0 Å². The van der Waals surface area contributed by atoms with E-state index in [1.54, 1.807) is 53.4 Å². The van der Waals surface area contributed by atoms with Gasteiger partial charge in [-0.25, -0.2) is 13.2 Å². The molecule has 1 aliphatic heterocycles. The van der Waals surface area contributed by atoms with Crippen LogP contribution in [0, 0.1) is 6.92 Å². The number of aryl methyl sites for hydroxylation is 1. The summed E-state index contributed by atoms with van der Waals surface area (Å²) >= 11 is 5.94. The molecule has 2 aromatic carbocycles. The van der Waals surface area contributed by atoms with Crippen molar-refractivity contribution in [1.82, 2.24) is 9.21 Å². The molecule has 3 rings (SSSR count). The first-order valence-corrected chi connectivity index (χ1v) is 10.6. The lowest BCUT2D eigenvalue weighted by atomic mass is 10.2. The van der Waals surface area contributed by atoms with Crippen molar-refractivity contribution in [2.45, 2.75) is 18.2 Å². The highest BCUT2D eigenvalue weighted by Gasteiger charge is 2.28. The van der Waals surface area contributed by atoms with Crippen LogP contribution >= 0.6 is 11.6 Å². The quantitative estimate of drug-likeness (QED) is 0.845. The van der Waals surface area contributed by atoms with E-state index in [-0.39, 0.29) is 17.5 Å². The fourth-order valence-corrected chi connectivity index (χ4v) is 4.63. The van der Waals surface area contributed by atoms with Crippen LogP contribution in [0.5, 0.6) is 0 Å². The summed E-state index contributed by atoms with van der Waals surface area (Å²) in [6.07, 6.45) is 0.577. The van der Waals surface area contributed by atoms with Crippen molar-refractivity contribution < 1.29 is 13.2 Å². The Morgan fingerprint density at radius 1 is 1.04 bits per heavy atom. The SMILES string of the molecule is Cc1ccc(S(=O)(=O)N2CCCN(C(=O)Nc3cccc(Cl)c3)CC2)cc1. The molecular formula is C19H22ClN3O3S. The van der Waals surface area contributed by atoms with E-state index < -0.39 is 10.0 Å². The summed E-state index contributed by atoms with van der Waals surface area (Å²) in [5, 5.41) is 3.35. The molecule has 1 aliphatic rings. The molecule has 0 unspecified atom stereocenters. The number of carbonyl (C=O) groups is 1. The van der Waals surface area contributed by atoms with Gasteiger partial charge in [0.25, 0.3) is 0 Å². The zero-order valence-corrected chi connectivity index (χ0v) is 16.6. The summed E-state index contributed by atoms with van der Waals surface area (Å²) in [6, 6.07) is 13.5. The fraction of sp³-hybridized carbons (Fsp3) is 0.316. The second-order valence-electron chi connectivity index (χ2n) is 6.50. The lowest BCUT2D eigenvalue weighted by molar-refractivity contribution is 0.214. The number of halogens is 1. The summed E-state index contributed by atoms with van der Waals surface area (Å²) in [5.41, 5.74) is 1.62. The zero-order valence-electron chi connectivity index (χ0n) is 15.1. The van der Waals surface area contributed by atoms with Crippen LogP contribution in [0.15, 0.2) is 53.4 Å². The highest BCUT2D eigenvalue weighted by Crippen LogP contribution is 2.19. The number of rotatable bonds is 3. The predicted molar refractivity (Wildman–Crippen MR) is 107 cm³/mol. The number of nitrogens with one attached hydrogen (secondary N) is 1. The number of amides is 2. The van der Waals surface area contributed by atoms with Crippen molar-refractivity contribution in [2.24, 2.45) is 0 Å². The lowest BCUT2D eigenvalue weighted by Gasteiger charge is -2.22. The van der Waals surface area contributed by atoms with Crippen molar-refractivity contribution in [3.63, 3.8) is 0 Å². The first kappa shape index (κ1) is 19.7. The van der Waals surface area contributed by atoms with Gasteiger partial charge in [-0.15, -0.1) is 0 Å². The van der Waals surface area contributed by atoms with E-state index in [0.29, 0.717) is 36.8 Å². The van der Waals surface area contributed by atoms with Crippen molar-refractivity contribution in [3.05, 3.63) is 59.1 Å². The van der Waals surface area contributed by atoms with Gasteiger partial charge in [-0.1, -0.05) is 35.4 Å². The van der Waals surface area contributed by atoms with E-state index in [1.165, 1.54) is 4.31 Å². The smallest absolute Gasteiger partial charge is 0.321 e. The molecule has 0 spiro atoms. The minimum absolute atomic E-state index is 0.258. The van der Waals surface area contributed by atoms with E-state index >= 15 is 0 Å². The van der Waals surface area contributed by atoms with E-state index in [2.05, 4.69) is 5.32 Å². The summed E-state index contributed by atoms with van der Waals surface area (Å²) < 4.78 is 27.1. The first-order valence-electron chi connectivity index (χ1n) is 8.74. The normalized spacial score (nSPS) is 16.0. The molecule has 1 saturated heterocycles. The number of nitrogens with zero attached hydrogens (tertiary/aromatic N) is 2. The predicted octanol–water partition coefficient (Wildman–Crippen LogP) is 3.58. The van der Waals surface area contributed by atoms with E-state index in [4.69, 9.17) is 11.6 Å². The average molecular weight is 408 g/mol. The maximum Gasteiger partial charge on any atom is 0.321 e. The number of benzene rings is 2. The van der Waals surface area contributed by atoms with Crippen molar-refractivity contribution >= 4 is 33.3 Å². The largest absolute Gasteiger partial charge is 0.323 e. The number of urea groups is 1. The van der Waals surface area contributed by atoms with Crippen LogP contribution in [0.3, 0.4) is 0 Å². The third-order valence-electron chi connectivity index (χ3n) is 4.48. The fourth-order valence-electron chi connectivity index (χ4n) is 2.97. The van der Waals surface area contributed by atoms with Crippen LogP contribution in [0.25, 0.3) is 0 Å². The van der Waals surface area contributed by atoms with Gasteiger partial charge in [0, 0.05) is 36.9 Å². The van der Waals surface area contributed by atoms with Crippen LogP contribution < -0.4 is 5.32 Å². The zero-order chi connectivity index (χ0) is 19.4. The summed E-state index contributed by atoms with van der Waals surface area (Å²) in [6.45, 7) is 3.39. The third kappa shape index (κ3) is 4.80. The minimum Gasteiger partial charge on any atom is -0.323 e. The molecule has 27 heavy (non-hydrogen) atoms. The molecule has 0 aromatic heterocycles. The number of hydrogen-bond acceptors (Lipinski definition) is 3. The van der Waals surface area contributed by atoms with E-state index in [1.807, 2.05) is 6.92 Å². The monoisotopic (exact) mass is 407 g/mol. The molecule has 8 heteroatoms.